The second-order valence-corrected chi connectivity index (χ2v) is 13.4. The molecular weight excluding hydrogens is 605 g/mol. The third kappa shape index (κ3) is 7.27. The van der Waals surface area contributed by atoms with Crippen molar-refractivity contribution in [1.82, 2.24) is 19.9 Å². The number of carbonyl (C=O) groups is 2. The Balaban J connectivity index is 1.53. The fourth-order valence-electron chi connectivity index (χ4n) is 5.51. The second-order valence-electron chi connectivity index (χ2n) is 10.9. The lowest BCUT2D eigenvalue weighted by atomic mass is 10.1. The van der Waals surface area contributed by atoms with Gasteiger partial charge in [-0.2, -0.15) is 9.97 Å². The van der Waals surface area contributed by atoms with Crippen LogP contribution >= 0.6 is 11.3 Å². The highest BCUT2D eigenvalue weighted by molar-refractivity contribution is 7.89. The molecule has 0 bridgehead atoms. The number of thiazole rings is 1. The minimum Gasteiger partial charge on any atom is -0.462 e. The highest BCUT2D eigenvalue weighted by Crippen LogP contribution is 2.35. The lowest BCUT2D eigenvalue weighted by Gasteiger charge is -2.29. The van der Waals surface area contributed by atoms with Gasteiger partial charge in [0.05, 0.1) is 17.2 Å². The number of aryl methyl sites for hydroxylation is 1. The minimum atomic E-state index is -3.79. The maximum atomic E-state index is 12.4. The largest absolute Gasteiger partial charge is 0.462 e. The minimum absolute atomic E-state index is 0.0619. The zero-order chi connectivity index (χ0) is 31.4. The van der Waals surface area contributed by atoms with E-state index < -0.39 is 16.0 Å². The molecule has 0 radical (unpaired) electrons. The van der Waals surface area contributed by atoms with Gasteiger partial charge in [-0.15, -0.1) is 0 Å². The molecule has 0 atom stereocenters. The van der Waals surface area contributed by atoms with Gasteiger partial charge in [0, 0.05) is 51.8 Å². The molecule has 3 N–H and O–H groups in total. The van der Waals surface area contributed by atoms with E-state index in [1.807, 2.05) is 4.90 Å². The SMILES string of the molecule is CCOC(=O)c1sc(Nc2nc(N3CCCN(C(C)=O)CC3)c3c(n2)N(Cc2ccc(S(N)(=O)=O)cc2)CCCC3)nc1C. The van der Waals surface area contributed by atoms with Gasteiger partial charge in [-0.1, -0.05) is 23.5 Å². The van der Waals surface area contributed by atoms with E-state index in [0.717, 1.165) is 61.5 Å². The molecule has 4 heterocycles. The molecule has 44 heavy (non-hydrogen) atoms. The van der Waals surface area contributed by atoms with Crippen LogP contribution in [-0.2, 0) is 32.5 Å². The molecule has 3 aromatic rings. The van der Waals surface area contributed by atoms with Crippen molar-refractivity contribution in [2.24, 2.45) is 5.14 Å². The van der Waals surface area contributed by atoms with Crippen LogP contribution in [0.2, 0.25) is 0 Å². The molecular formula is C29H38N8O5S2. The molecule has 0 aliphatic carbocycles. The highest BCUT2D eigenvalue weighted by atomic mass is 32.2. The predicted molar refractivity (Wildman–Crippen MR) is 169 cm³/mol. The van der Waals surface area contributed by atoms with E-state index >= 15 is 0 Å². The Labute approximate surface area is 261 Å². The molecule has 15 heteroatoms. The average Bonchev–Trinajstić information content (AvgIpc) is 3.12. The number of sulfonamides is 1. The summed E-state index contributed by atoms with van der Waals surface area (Å²) in [5, 5.41) is 9.03. The van der Waals surface area contributed by atoms with E-state index in [4.69, 9.17) is 19.8 Å². The lowest BCUT2D eigenvalue weighted by molar-refractivity contribution is -0.128. The topological polar surface area (TPSA) is 164 Å². The number of amides is 1. The summed E-state index contributed by atoms with van der Waals surface area (Å²) in [6, 6.07) is 6.58. The first-order valence-electron chi connectivity index (χ1n) is 14.7. The fraction of sp³-hybridized carbons (Fsp3) is 0.483. The van der Waals surface area contributed by atoms with Crippen LogP contribution in [-0.4, -0.2) is 79.5 Å². The Bertz CT molecular complexity index is 1630. The summed E-state index contributed by atoms with van der Waals surface area (Å²) in [4.78, 5) is 45.9. The summed E-state index contributed by atoms with van der Waals surface area (Å²) >= 11 is 1.19. The van der Waals surface area contributed by atoms with E-state index in [-0.39, 0.29) is 17.4 Å². The number of hydrogen-bond acceptors (Lipinski definition) is 12. The summed E-state index contributed by atoms with van der Waals surface area (Å²) in [6.07, 6.45) is 3.51. The Morgan fingerprint density at radius 3 is 2.45 bits per heavy atom. The van der Waals surface area contributed by atoms with Crippen LogP contribution in [0.1, 0.15) is 59.6 Å². The number of esters is 1. The standard InChI is InChI=1S/C29H38N8O5S2/c1-4-42-27(39)24-19(2)31-29(43-24)34-28-32-25(36-15-7-14-35(16-17-36)20(3)38)23-8-5-6-13-37(26(23)33-28)18-21-9-11-22(12-10-21)44(30,40)41/h9-12H,4-8,13-18H2,1-3H3,(H2,30,40,41)(H,31,32,33,34). The summed E-state index contributed by atoms with van der Waals surface area (Å²) in [5.41, 5.74) is 2.52. The number of benzene rings is 1. The van der Waals surface area contributed by atoms with Crippen molar-refractivity contribution in [3.8, 4) is 0 Å². The normalized spacial score (nSPS) is 15.8. The molecule has 0 unspecified atom stereocenters. The number of nitrogens with zero attached hydrogens (tertiary/aromatic N) is 6. The van der Waals surface area contributed by atoms with Crippen molar-refractivity contribution in [3.05, 3.63) is 46.0 Å². The van der Waals surface area contributed by atoms with Gasteiger partial charge < -0.3 is 19.4 Å². The van der Waals surface area contributed by atoms with Crippen LogP contribution < -0.4 is 20.3 Å². The van der Waals surface area contributed by atoms with Crippen molar-refractivity contribution in [3.63, 3.8) is 0 Å². The van der Waals surface area contributed by atoms with Crippen molar-refractivity contribution in [2.45, 2.75) is 57.9 Å². The molecule has 1 saturated heterocycles. The first-order valence-corrected chi connectivity index (χ1v) is 17.1. The van der Waals surface area contributed by atoms with Gasteiger partial charge in [0.25, 0.3) is 0 Å². The van der Waals surface area contributed by atoms with Gasteiger partial charge in [-0.05, 0) is 57.2 Å². The van der Waals surface area contributed by atoms with Crippen LogP contribution in [0.5, 0.6) is 0 Å². The van der Waals surface area contributed by atoms with Gasteiger partial charge in [-0.3, -0.25) is 10.1 Å². The van der Waals surface area contributed by atoms with Crippen LogP contribution in [0, 0.1) is 6.92 Å². The number of ether oxygens (including phenoxy) is 1. The molecule has 0 spiro atoms. The fourth-order valence-corrected chi connectivity index (χ4v) is 6.88. The van der Waals surface area contributed by atoms with Gasteiger partial charge >= 0.3 is 5.97 Å². The van der Waals surface area contributed by atoms with Gasteiger partial charge in [0.15, 0.2) is 5.13 Å². The van der Waals surface area contributed by atoms with E-state index in [9.17, 15) is 18.0 Å². The van der Waals surface area contributed by atoms with Gasteiger partial charge in [0.2, 0.25) is 21.9 Å². The second kappa shape index (κ2) is 13.4. The van der Waals surface area contributed by atoms with Crippen LogP contribution in [0.4, 0.5) is 22.7 Å². The quantitative estimate of drug-likeness (QED) is 0.347. The van der Waals surface area contributed by atoms with Crippen molar-refractivity contribution in [1.29, 1.82) is 0 Å². The zero-order valence-electron chi connectivity index (χ0n) is 25.2. The summed E-state index contributed by atoms with van der Waals surface area (Å²) in [6.45, 7) is 9.33. The molecule has 2 aliphatic rings. The predicted octanol–water partition coefficient (Wildman–Crippen LogP) is 3.21. The first kappa shape index (κ1) is 31.6. The zero-order valence-corrected chi connectivity index (χ0v) is 26.8. The van der Waals surface area contributed by atoms with E-state index in [1.165, 1.54) is 23.5 Å². The first-order chi connectivity index (χ1) is 21.0. The molecule has 236 valence electrons. The van der Waals surface area contributed by atoms with E-state index in [1.54, 1.807) is 32.9 Å². The number of nitrogens with two attached hydrogens (primary N) is 1. The number of anilines is 4. The van der Waals surface area contributed by atoms with Gasteiger partial charge in [0.1, 0.15) is 16.5 Å². The number of primary sulfonamides is 1. The van der Waals surface area contributed by atoms with Crippen molar-refractivity contribution >= 4 is 56.0 Å². The Hall–Kier alpha value is -3.82. The van der Waals surface area contributed by atoms with E-state index in [2.05, 4.69) is 20.1 Å². The van der Waals surface area contributed by atoms with Crippen LogP contribution in [0.15, 0.2) is 29.2 Å². The lowest BCUT2D eigenvalue weighted by Crippen LogP contribution is -2.34. The van der Waals surface area contributed by atoms with Crippen molar-refractivity contribution in [2.75, 3.05) is 54.4 Å². The van der Waals surface area contributed by atoms with Gasteiger partial charge in [-0.25, -0.2) is 23.3 Å². The molecule has 2 aromatic heterocycles. The smallest absolute Gasteiger partial charge is 0.350 e. The third-order valence-electron chi connectivity index (χ3n) is 7.71. The van der Waals surface area contributed by atoms with Crippen LogP contribution in [0.3, 0.4) is 0 Å². The summed E-state index contributed by atoms with van der Waals surface area (Å²) in [5.74, 6) is 1.60. The Morgan fingerprint density at radius 1 is 1.00 bits per heavy atom. The molecule has 13 nitrogen and oxygen atoms in total. The maximum Gasteiger partial charge on any atom is 0.350 e. The molecule has 1 aromatic carbocycles. The number of aromatic nitrogens is 3. The monoisotopic (exact) mass is 642 g/mol. The Kier molecular flexibility index (Phi) is 9.65. The average molecular weight is 643 g/mol. The molecule has 5 rings (SSSR count). The Morgan fingerprint density at radius 2 is 1.75 bits per heavy atom. The number of nitrogens with one attached hydrogen (secondary N) is 1. The third-order valence-corrected chi connectivity index (χ3v) is 9.69. The maximum absolute atomic E-state index is 12.4. The van der Waals surface area contributed by atoms with E-state index in [0.29, 0.717) is 47.8 Å². The summed E-state index contributed by atoms with van der Waals surface area (Å²) < 4.78 is 28.7. The number of hydrogen-bond donors (Lipinski definition) is 2. The number of carbonyl (C=O) groups excluding carboxylic acids is 2. The van der Waals surface area contributed by atoms with Crippen molar-refractivity contribution < 1.29 is 22.7 Å². The highest BCUT2D eigenvalue weighted by Gasteiger charge is 2.28. The summed E-state index contributed by atoms with van der Waals surface area (Å²) in [7, 11) is -3.79. The number of fused-ring (bicyclic) bond motifs is 1. The number of rotatable bonds is 8. The van der Waals surface area contributed by atoms with Crippen LogP contribution in [0.25, 0.3) is 0 Å². The molecule has 2 aliphatic heterocycles. The molecule has 1 fully saturated rings. The molecule has 1 amide bonds. The molecule has 0 saturated carbocycles.